The molecule has 2 heterocycles. The topological polar surface area (TPSA) is 31.4 Å². The molecule has 1 atom stereocenters. The number of anilines is 1. The van der Waals surface area contributed by atoms with Gasteiger partial charge in [0.1, 0.15) is 5.82 Å². The van der Waals surface area contributed by atoms with Crippen molar-refractivity contribution in [3.63, 3.8) is 0 Å². The molecule has 0 spiro atoms. The Labute approximate surface area is 123 Å². The van der Waals surface area contributed by atoms with E-state index in [1.807, 2.05) is 12.3 Å². The highest BCUT2D eigenvalue weighted by Gasteiger charge is 2.25. The fraction of sp³-hybridized carbons (Fsp3) is 0.688. The van der Waals surface area contributed by atoms with Crippen LogP contribution in [0.25, 0.3) is 0 Å². The summed E-state index contributed by atoms with van der Waals surface area (Å²) in [4.78, 5) is 9.47. The highest BCUT2D eigenvalue weighted by atomic mass is 15.3. The van der Waals surface area contributed by atoms with E-state index >= 15 is 0 Å². The number of likely N-dealkylation sites (N-methyl/N-ethyl adjacent to an activating group) is 1. The first-order valence-electron chi connectivity index (χ1n) is 7.83. The lowest BCUT2D eigenvalue weighted by molar-refractivity contribution is 0.143. The van der Waals surface area contributed by atoms with Gasteiger partial charge in [-0.2, -0.15) is 0 Å². The van der Waals surface area contributed by atoms with E-state index in [-0.39, 0.29) is 0 Å². The van der Waals surface area contributed by atoms with Crippen molar-refractivity contribution in [2.45, 2.75) is 26.8 Å². The Hall–Kier alpha value is -1.13. The first kappa shape index (κ1) is 15.3. The lowest BCUT2D eigenvalue weighted by Gasteiger charge is -2.41. The quantitative estimate of drug-likeness (QED) is 0.859. The minimum atomic E-state index is 0.640. The average molecular weight is 276 g/mol. The third kappa shape index (κ3) is 3.93. The summed E-state index contributed by atoms with van der Waals surface area (Å²) < 4.78 is 0. The van der Waals surface area contributed by atoms with Crippen molar-refractivity contribution in [3.8, 4) is 0 Å². The van der Waals surface area contributed by atoms with E-state index in [1.54, 1.807) is 0 Å². The van der Waals surface area contributed by atoms with E-state index in [4.69, 9.17) is 0 Å². The molecular weight excluding hydrogens is 248 g/mol. The largest absolute Gasteiger partial charge is 0.354 e. The Morgan fingerprint density at radius 2 is 1.95 bits per heavy atom. The number of nitrogens with one attached hydrogen (secondary N) is 1. The van der Waals surface area contributed by atoms with Crippen molar-refractivity contribution in [1.82, 2.24) is 15.2 Å². The molecule has 1 aromatic rings. The van der Waals surface area contributed by atoms with E-state index in [0.717, 1.165) is 45.1 Å². The molecule has 1 aromatic heterocycles. The van der Waals surface area contributed by atoms with Crippen molar-refractivity contribution in [2.75, 3.05) is 44.2 Å². The summed E-state index contributed by atoms with van der Waals surface area (Å²) in [6, 6.07) is 6.79. The molecule has 4 heteroatoms. The molecule has 0 amide bonds. The van der Waals surface area contributed by atoms with Gasteiger partial charge in [-0.25, -0.2) is 4.98 Å². The summed E-state index contributed by atoms with van der Waals surface area (Å²) in [6.07, 6.45) is 1.88. The van der Waals surface area contributed by atoms with Gasteiger partial charge in [-0.3, -0.25) is 4.90 Å². The van der Waals surface area contributed by atoms with Crippen molar-refractivity contribution < 1.29 is 0 Å². The molecule has 1 unspecified atom stereocenters. The molecule has 4 nitrogen and oxygen atoms in total. The second-order valence-corrected chi connectivity index (χ2v) is 5.83. The van der Waals surface area contributed by atoms with Gasteiger partial charge in [0, 0.05) is 45.0 Å². The van der Waals surface area contributed by atoms with Crippen LogP contribution < -0.4 is 10.2 Å². The fourth-order valence-corrected chi connectivity index (χ4v) is 2.90. The van der Waals surface area contributed by atoms with Crippen LogP contribution in [-0.4, -0.2) is 55.2 Å². The van der Waals surface area contributed by atoms with Crippen LogP contribution in [-0.2, 0) is 0 Å². The van der Waals surface area contributed by atoms with E-state index in [2.05, 4.69) is 53.0 Å². The Morgan fingerprint density at radius 3 is 2.50 bits per heavy atom. The Bertz CT molecular complexity index is 371. The zero-order valence-corrected chi connectivity index (χ0v) is 13.0. The summed E-state index contributed by atoms with van der Waals surface area (Å²) in [7, 11) is 0. The number of hydrogen-bond donors (Lipinski definition) is 1. The first-order chi connectivity index (χ1) is 9.72. The molecule has 1 saturated heterocycles. The van der Waals surface area contributed by atoms with E-state index in [9.17, 15) is 0 Å². The number of aromatic nitrogens is 1. The Kier molecular flexibility index (Phi) is 5.80. The maximum Gasteiger partial charge on any atom is 0.128 e. The minimum absolute atomic E-state index is 0.640. The molecule has 0 saturated carbocycles. The molecule has 112 valence electrons. The summed E-state index contributed by atoms with van der Waals surface area (Å²) in [5.41, 5.74) is 0. The van der Waals surface area contributed by atoms with Crippen LogP contribution in [0.2, 0.25) is 0 Å². The summed E-state index contributed by atoms with van der Waals surface area (Å²) >= 11 is 0. The molecule has 0 radical (unpaired) electrons. The first-order valence-corrected chi connectivity index (χ1v) is 7.83. The van der Waals surface area contributed by atoms with Crippen LogP contribution in [0.5, 0.6) is 0 Å². The lowest BCUT2D eigenvalue weighted by Crippen LogP contribution is -2.54. The van der Waals surface area contributed by atoms with Crippen LogP contribution in [0.3, 0.4) is 0 Å². The van der Waals surface area contributed by atoms with Gasteiger partial charge in [0.05, 0.1) is 0 Å². The Balaban J connectivity index is 1.89. The molecule has 0 aliphatic carbocycles. The monoisotopic (exact) mass is 276 g/mol. The lowest BCUT2D eigenvalue weighted by atomic mass is 10.0. The van der Waals surface area contributed by atoms with Crippen LogP contribution in [0.4, 0.5) is 5.82 Å². The van der Waals surface area contributed by atoms with Crippen molar-refractivity contribution in [3.05, 3.63) is 24.4 Å². The summed E-state index contributed by atoms with van der Waals surface area (Å²) in [5, 5.41) is 3.50. The van der Waals surface area contributed by atoms with Crippen molar-refractivity contribution >= 4 is 5.82 Å². The third-order valence-corrected chi connectivity index (χ3v) is 4.13. The fourth-order valence-electron chi connectivity index (χ4n) is 2.90. The summed E-state index contributed by atoms with van der Waals surface area (Å²) in [5.74, 6) is 1.80. The van der Waals surface area contributed by atoms with Gasteiger partial charge < -0.3 is 10.2 Å². The number of nitrogens with zero attached hydrogens (tertiary/aromatic N) is 3. The third-order valence-electron chi connectivity index (χ3n) is 4.13. The molecule has 0 aromatic carbocycles. The van der Waals surface area contributed by atoms with Gasteiger partial charge in [-0.15, -0.1) is 0 Å². The molecule has 1 fully saturated rings. The van der Waals surface area contributed by atoms with Crippen molar-refractivity contribution in [2.24, 2.45) is 5.92 Å². The van der Waals surface area contributed by atoms with Gasteiger partial charge in [0.2, 0.25) is 0 Å². The van der Waals surface area contributed by atoms with Crippen molar-refractivity contribution in [1.29, 1.82) is 0 Å². The van der Waals surface area contributed by atoms with Crippen LogP contribution in [0.15, 0.2) is 24.4 Å². The van der Waals surface area contributed by atoms with Gasteiger partial charge in [-0.1, -0.05) is 26.8 Å². The molecule has 1 N–H and O–H groups in total. The van der Waals surface area contributed by atoms with Gasteiger partial charge in [0.15, 0.2) is 0 Å². The van der Waals surface area contributed by atoms with Gasteiger partial charge in [-0.05, 0) is 24.6 Å². The van der Waals surface area contributed by atoms with Gasteiger partial charge in [0.25, 0.3) is 0 Å². The second kappa shape index (κ2) is 7.60. The average Bonchev–Trinajstić information content (AvgIpc) is 2.49. The zero-order valence-electron chi connectivity index (χ0n) is 13.0. The zero-order chi connectivity index (χ0) is 14.4. The van der Waals surface area contributed by atoms with E-state index < -0.39 is 0 Å². The highest BCUT2D eigenvalue weighted by molar-refractivity contribution is 5.38. The maximum absolute atomic E-state index is 4.45. The molecule has 20 heavy (non-hydrogen) atoms. The second-order valence-electron chi connectivity index (χ2n) is 5.83. The number of piperazine rings is 1. The van der Waals surface area contributed by atoms with Crippen LogP contribution in [0, 0.1) is 5.92 Å². The molecule has 2 rings (SSSR count). The standard InChI is InChI=1S/C16H28N4/c1-4-17-13-15(14(2)3)19-9-11-20(12-10-19)16-7-5-6-8-18-16/h5-8,14-15,17H,4,9-13H2,1-3H3. The van der Waals surface area contributed by atoms with E-state index in [1.165, 1.54) is 0 Å². The maximum atomic E-state index is 4.45. The molecular formula is C16H28N4. The summed E-state index contributed by atoms with van der Waals surface area (Å²) in [6.45, 7) is 13.4. The number of hydrogen-bond acceptors (Lipinski definition) is 4. The Morgan fingerprint density at radius 1 is 1.20 bits per heavy atom. The number of pyridine rings is 1. The highest BCUT2D eigenvalue weighted by Crippen LogP contribution is 2.17. The smallest absolute Gasteiger partial charge is 0.128 e. The van der Waals surface area contributed by atoms with Gasteiger partial charge >= 0.3 is 0 Å². The van der Waals surface area contributed by atoms with E-state index in [0.29, 0.717) is 12.0 Å². The molecule has 1 aliphatic rings. The normalized spacial score (nSPS) is 18.5. The number of rotatable bonds is 6. The van der Waals surface area contributed by atoms with Crippen LogP contribution in [0.1, 0.15) is 20.8 Å². The molecule has 1 aliphatic heterocycles. The minimum Gasteiger partial charge on any atom is -0.354 e. The SMILES string of the molecule is CCNCC(C(C)C)N1CCN(c2ccccn2)CC1. The van der Waals surface area contributed by atoms with Crippen LogP contribution >= 0.6 is 0 Å². The predicted molar refractivity (Wildman–Crippen MR) is 85.2 cm³/mol. The predicted octanol–water partition coefficient (Wildman–Crippen LogP) is 1.84. The molecule has 0 bridgehead atoms.